The van der Waals surface area contributed by atoms with Gasteiger partial charge in [-0.2, -0.15) is 0 Å². The van der Waals surface area contributed by atoms with Crippen LogP contribution in [0.3, 0.4) is 0 Å². The minimum Gasteiger partial charge on any atom is -0.494 e. The molecule has 0 bridgehead atoms. The van der Waals surface area contributed by atoms with E-state index in [4.69, 9.17) is 9.84 Å². The van der Waals surface area contributed by atoms with Gasteiger partial charge in [-0.1, -0.05) is 13.3 Å². The molecule has 6 heteroatoms. The summed E-state index contributed by atoms with van der Waals surface area (Å²) in [4.78, 5) is 23.0. The van der Waals surface area contributed by atoms with Crippen molar-refractivity contribution in [3.05, 3.63) is 29.8 Å². The van der Waals surface area contributed by atoms with Gasteiger partial charge in [0.25, 0.3) is 0 Å². The second-order valence-corrected chi connectivity index (χ2v) is 5.41. The number of aliphatic carboxylic acids is 1. The maximum absolute atomic E-state index is 12.0. The fourth-order valence-corrected chi connectivity index (χ4v) is 2.02. The van der Waals surface area contributed by atoms with Gasteiger partial charge in [0.1, 0.15) is 11.8 Å². The molecule has 0 saturated carbocycles. The minimum absolute atomic E-state index is 0.0904. The molecule has 6 nitrogen and oxygen atoms in total. The van der Waals surface area contributed by atoms with Crippen LogP contribution in [0, 0.1) is 0 Å². The number of nitrogens with one attached hydrogen (secondary N) is 1. The molecule has 23 heavy (non-hydrogen) atoms. The Kier molecular flexibility index (Phi) is 8.29. The van der Waals surface area contributed by atoms with Gasteiger partial charge in [0.15, 0.2) is 5.78 Å². The quantitative estimate of drug-likeness (QED) is 0.425. The van der Waals surface area contributed by atoms with E-state index in [0.717, 1.165) is 18.6 Å². The second-order valence-electron chi connectivity index (χ2n) is 5.41. The van der Waals surface area contributed by atoms with Crippen LogP contribution in [0.4, 0.5) is 0 Å². The number of benzene rings is 1. The molecule has 0 spiro atoms. The number of carbonyl (C=O) groups is 2. The van der Waals surface area contributed by atoms with Crippen molar-refractivity contribution in [2.75, 3.05) is 13.2 Å². The van der Waals surface area contributed by atoms with Crippen LogP contribution < -0.4 is 10.1 Å². The first kappa shape index (κ1) is 19.1. The summed E-state index contributed by atoms with van der Waals surface area (Å²) >= 11 is 0. The lowest BCUT2D eigenvalue weighted by Gasteiger charge is -2.16. The van der Waals surface area contributed by atoms with Gasteiger partial charge < -0.3 is 20.3 Å². The molecular weight excluding hydrogens is 298 g/mol. The predicted molar refractivity (Wildman–Crippen MR) is 86.9 cm³/mol. The lowest BCUT2D eigenvalue weighted by atomic mass is 10.1. The number of unbranched alkanes of at least 4 members (excludes halogenated alkanes) is 1. The van der Waals surface area contributed by atoms with E-state index in [1.54, 1.807) is 24.3 Å². The summed E-state index contributed by atoms with van der Waals surface area (Å²) in [6, 6.07) is 5.84. The van der Waals surface area contributed by atoms with Crippen LogP contribution >= 0.6 is 0 Å². The number of hydrogen-bond acceptors (Lipinski definition) is 5. The Morgan fingerprint density at radius 1 is 1.26 bits per heavy atom. The summed E-state index contributed by atoms with van der Waals surface area (Å²) in [6.07, 6.45) is 1.18. The van der Waals surface area contributed by atoms with Gasteiger partial charge in [-0.15, -0.1) is 0 Å². The number of aliphatic hydroxyl groups excluding tert-OH is 1. The molecule has 0 fully saturated rings. The highest BCUT2D eigenvalue weighted by molar-refractivity contribution is 5.96. The minimum atomic E-state index is -1.14. The fourth-order valence-electron chi connectivity index (χ4n) is 2.02. The van der Waals surface area contributed by atoms with Crippen LogP contribution in [-0.2, 0) is 4.79 Å². The maximum atomic E-state index is 12.0. The molecule has 128 valence electrons. The summed E-state index contributed by atoms with van der Waals surface area (Å²) in [6.45, 7) is 4.33. The van der Waals surface area contributed by atoms with Crippen LogP contribution in [-0.4, -0.2) is 47.3 Å². The van der Waals surface area contributed by atoms with E-state index in [2.05, 4.69) is 12.2 Å². The Labute approximate surface area is 136 Å². The Morgan fingerprint density at radius 2 is 1.91 bits per heavy atom. The van der Waals surface area contributed by atoms with E-state index >= 15 is 0 Å². The third kappa shape index (κ3) is 6.80. The predicted octanol–water partition coefficient (Wildman–Crippen LogP) is 1.86. The Bertz CT molecular complexity index is 498. The highest BCUT2D eigenvalue weighted by atomic mass is 16.5. The zero-order valence-electron chi connectivity index (χ0n) is 13.6. The van der Waals surface area contributed by atoms with Crippen LogP contribution in [0.25, 0.3) is 0 Å². The monoisotopic (exact) mass is 323 g/mol. The third-order valence-corrected chi connectivity index (χ3v) is 3.41. The lowest BCUT2D eigenvalue weighted by molar-refractivity contribution is -0.142. The molecule has 1 aromatic rings. The van der Waals surface area contributed by atoms with E-state index in [-0.39, 0.29) is 18.7 Å². The number of rotatable bonds is 11. The molecule has 0 radical (unpaired) electrons. The van der Waals surface area contributed by atoms with Gasteiger partial charge in [-0.05, 0) is 37.6 Å². The van der Waals surface area contributed by atoms with Gasteiger partial charge >= 0.3 is 5.97 Å². The molecule has 3 N–H and O–H groups in total. The lowest BCUT2D eigenvalue weighted by Crippen LogP contribution is -2.45. The van der Waals surface area contributed by atoms with Gasteiger partial charge in [-0.25, -0.2) is 0 Å². The zero-order valence-corrected chi connectivity index (χ0v) is 13.6. The number of carboxylic acids is 1. The SMILES string of the molecule is CCCCOc1ccc(C(=O)CCN[C@H](C(=O)O)[C@@H](C)O)cc1. The molecule has 0 aliphatic rings. The van der Waals surface area contributed by atoms with Crippen molar-refractivity contribution >= 4 is 11.8 Å². The number of aliphatic hydroxyl groups is 1. The zero-order chi connectivity index (χ0) is 17.2. The molecule has 1 aromatic carbocycles. The standard InChI is InChI=1S/C17H25NO5/c1-3-4-11-23-14-7-5-13(6-8-14)15(20)9-10-18-16(12(2)19)17(21)22/h5-8,12,16,18-19H,3-4,9-11H2,1-2H3,(H,21,22)/t12-,16+/m1/s1. The van der Waals surface area contributed by atoms with Crippen molar-refractivity contribution < 1.29 is 24.5 Å². The Hall–Kier alpha value is -1.92. The van der Waals surface area contributed by atoms with Crippen LogP contribution in [0.15, 0.2) is 24.3 Å². The molecule has 0 aromatic heterocycles. The van der Waals surface area contributed by atoms with Crippen molar-refractivity contribution in [1.82, 2.24) is 5.32 Å². The van der Waals surface area contributed by atoms with E-state index in [0.29, 0.717) is 12.2 Å². The molecule has 0 aliphatic heterocycles. The third-order valence-electron chi connectivity index (χ3n) is 3.41. The number of ether oxygens (including phenoxy) is 1. The smallest absolute Gasteiger partial charge is 0.323 e. The van der Waals surface area contributed by atoms with Gasteiger partial charge in [0.2, 0.25) is 0 Å². The normalized spacial score (nSPS) is 13.3. The number of Topliss-reactive ketones (excluding diaryl/α,β-unsaturated/α-hetero) is 1. The fraction of sp³-hybridized carbons (Fsp3) is 0.529. The number of carbonyl (C=O) groups excluding carboxylic acids is 1. The Balaban J connectivity index is 2.44. The maximum Gasteiger partial charge on any atom is 0.323 e. The van der Waals surface area contributed by atoms with Crippen molar-refractivity contribution in [2.24, 2.45) is 0 Å². The summed E-state index contributed by atoms with van der Waals surface area (Å²) in [5.41, 5.74) is 0.554. The van der Waals surface area contributed by atoms with Crippen LogP contribution in [0.2, 0.25) is 0 Å². The van der Waals surface area contributed by atoms with Gasteiger partial charge in [0, 0.05) is 18.5 Å². The molecule has 1 rings (SSSR count). The topological polar surface area (TPSA) is 95.9 Å². The number of ketones is 1. The summed E-state index contributed by atoms with van der Waals surface area (Å²) in [5.74, 6) is -0.499. The molecule has 0 aliphatic carbocycles. The van der Waals surface area contributed by atoms with Crippen molar-refractivity contribution in [3.63, 3.8) is 0 Å². The van der Waals surface area contributed by atoms with Crippen LogP contribution in [0.1, 0.15) is 43.5 Å². The average molecular weight is 323 g/mol. The molecule has 0 amide bonds. The van der Waals surface area contributed by atoms with E-state index in [1.165, 1.54) is 6.92 Å². The molecule has 0 heterocycles. The summed E-state index contributed by atoms with van der Waals surface area (Å²) in [7, 11) is 0. The van der Waals surface area contributed by atoms with Crippen molar-refractivity contribution in [3.8, 4) is 5.75 Å². The first-order valence-electron chi connectivity index (χ1n) is 7.86. The van der Waals surface area contributed by atoms with Crippen molar-refractivity contribution in [1.29, 1.82) is 0 Å². The van der Waals surface area contributed by atoms with E-state index in [9.17, 15) is 14.7 Å². The second kappa shape index (κ2) is 9.97. The highest BCUT2D eigenvalue weighted by Gasteiger charge is 2.22. The van der Waals surface area contributed by atoms with Gasteiger partial charge in [-0.3, -0.25) is 9.59 Å². The number of carboxylic acid groups (broad SMARTS) is 1. The summed E-state index contributed by atoms with van der Waals surface area (Å²) < 4.78 is 5.53. The van der Waals surface area contributed by atoms with E-state index in [1.807, 2.05) is 0 Å². The highest BCUT2D eigenvalue weighted by Crippen LogP contribution is 2.14. The molecule has 0 saturated heterocycles. The first-order chi connectivity index (χ1) is 11.0. The van der Waals surface area contributed by atoms with E-state index < -0.39 is 18.1 Å². The molecular formula is C17H25NO5. The molecule has 2 atom stereocenters. The van der Waals surface area contributed by atoms with Crippen molar-refractivity contribution in [2.45, 2.75) is 45.3 Å². The summed E-state index contributed by atoms with van der Waals surface area (Å²) in [5, 5.41) is 20.9. The largest absolute Gasteiger partial charge is 0.494 e. The Morgan fingerprint density at radius 3 is 2.43 bits per heavy atom. The molecule has 0 unspecified atom stereocenters. The first-order valence-corrected chi connectivity index (χ1v) is 7.86. The number of hydrogen-bond donors (Lipinski definition) is 3. The van der Waals surface area contributed by atoms with Crippen LogP contribution in [0.5, 0.6) is 5.75 Å². The average Bonchev–Trinajstić information content (AvgIpc) is 2.51. The van der Waals surface area contributed by atoms with Gasteiger partial charge in [0.05, 0.1) is 12.7 Å².